The molecule has 2 fully saturated rings. The summed E-state index contributed by atoms with van der Waals surface area (Å²) in [6, 6.07) is 0. The number of primary amides is 1. The van der Waals surface area contributed by atoms with Gasteiger partial charge in [0.2, 0.25) is 5.91 Å². The lowest BCUT2D eigenvalue weighted by Gasteiger charge is -2.32. The Bertz CT molecular complexity index is 290. The number of hydrogen-bond donors (Lipinski definition) is 2. The van der Waals surface area contributed by atoms with Gasteiger partial charge in [-0.3, -0.25) is 4.79 Å². The molecular weight excluding hydrogens is 228 g/mol. The molecule has 1 amide bonds. The molecular formula is C14H26N2O2. The van der Waals surface area contributed by atoms with E-state index >= 15 is 0 Å². The fourth-order valence-electron chi connectivity index (χ4n) is 3.68. The number of rotatable bonds is 6. The Morgan fingerprint density at radius 2 is 2.06 bits per heavy atom. The molecule has 0 aromatic rings. The molecule has 2 atom stereocenters. The second kappa shape index (κ2) is 6.02. The Balaban J connectivity index is 1.81. The first kappa shape index (κ1) is 13.8. The van der Waals surface area contributed by atoms with Crippen molar-refractivity contribution in [1.29, 1.82) is 0 Å². The summed E-state index contributed by atoms with van der Waals surface area (Å²) in [5.41, 5.74) is 5.10. The molecule has 2 aliphatic carbocycles. The molecule has 0 saturated heterocycles. The lowest BCUT2D eigenvalue weighted by molar-refractivity contribution is -0.126. The van der Waals surface area contributed by atoms with Gasteiger partial charge in [-0.2, -0.15) is 0 Å². The molecule has 104 valence electrons. The van der Waals surface area contributed by atoms with Crippen molar-refractivity contribution in [2.75, 3.05) is 13.7 Å². The van der Waals surface area contributed by atoms with Crippen molar-refractivity contribution >= 4 is 5.91 Å². The van der Waals surface area contributed by atoms with E-state index in [2.05, 4.69) is 5.32 Å². The average molecular weight is 254 g/mol. The number of amides is 1. The van der Waals surface area contributed by atoms with E-state index in [1.54, 1.807) is 0 Å². The van der Waals surface area contributed by atoms with Crippen LogP contribution in [0.4, 0.5) is 0 Å². The van der Waals surface area contributed by atoms with Crippen LogP contribution in [0.5, 0.6) is 0 Å². The fraction of sp³-hybridized carbons (Fsp3) is 0.929. The number of ether oxygens (including phenoxy) is 1. The largest absolute Gasteiger partial charge is 0.378 e. The monoisotopic (exact) mass is 254 g/mol. The third-order valence-corrected chi connectivity index (χ3v) is 4.83. The van der Waals surface area contributed by atoms with Crippen molar-refractivity contribution in [3.05, 3.63) is 0 Å². The molecule has 2 rings (SSSR count). The van der Waals surface area contributed by atoms with E-state index in [0.29, 0.717) is 12.0 Å². The number of carbonyl (C=O) groups is 1. The Morgan fingerprint density at radius 1 is 1.33 bits per heavy atom. The molecule has 2 saturated carbocycles. The molecule has 0 aliphatic heterocycles. The summed E-state index contributed by atoms with van der Waals surface area (Å²) in [7, 11) is 1.85. The van der Waals surface area contributed by atoms with Crippen molar-refractivity contribution < 1.29 is 9.53 Å². The Labute approximate surface area is 110 Å². The van der Waals surface area contributed by atoms with E-state index in [-0.39, 0.29) is 5.91 Å². The van der Waals surface area contributed by atoms with Gasteiger partial charge < -0.3 is 15.8 Å². The van der Waals surface area contributed by atoms with E-state index < -0.39 is 5.54 Å². The zero-order valence-corrected chi connectivity index (χ0v) is 11.4. The second-order valence-corrected chi connectivity index (χ2v) is 5.74. The van der Waals surface area contributed by atoms with Gasteiger partial charge in [-0.25, -0.2) is 0 Å². The highest BCUT2D eigenvalue weighted by Gasteiger charge is 2.46. The smallest absolute Gasteiger partial charge is 0.238 e. The molecule has 3 N–H and O–H groups in total. The van der Waals surface area contributed by atoms with E-state index in [9.17, 15) is 4.79 Å². The molecule has 0 aromatic heterocycles. The number of nitrogens with one attached hydrogen (secondary N) is 1. The summed E-state index contributed by atoms with van der Waals surface area (Å²) in [5.74, 6) is 0.134. The zero-order chi connectivity index (χ0) is 13.0. The minimum atomic E-state index is -0.487. The van der Waals surface area contributed by atoms with Crippen molar-refractivity contribution in [2.24, 2.45) is 11.7 Å². The molecule has 2 unspecified atom stereocenters. The van der Waals surface area contributed by atoms with Gasteiger partial charge in [-0.15, -0.1) is 0 Å². The van der Waals surface area contributed by atoms with Gasteiger partial charge in [0.1, 0.15) is 5.54 Å². The standard InChI is InChI=1S/C14H26N2O2/c1-16-14(13(15)17)9-4-5-11(14)8-10-18-12-6-2-3-7-12/h11-12,16H,2-10H2,1H3,(H2,15,17). The molecule has 0 bridgehead atoms. The average Bonchev–Trinajstić information content (AvgIpc) is 2.98. The summed E-state index contributed by atoms with van der Waals surface area (Å²) in [4.78, 5) is 11.7. The lowest BCUT2D eigenvalue weighted by Crippen LogP contribution is -2.56. The normalized spacial score (nSPS) is 33.1. The molecule has 0 aromatic carbocycles. The van der Waals surface area contributed by atoms with Gasteiger partial charge in [0.25, 0.3) is 0 Å². The summed E-state index contributed by atoms with van der Waals surface area (Å²) in [5, 5.41) is 3.18. The summed E-state index contributed by atoms with van der Waals surface area (Å²) >= 11 is 0. The van der Waals surface area contributed by atoms with Crippen LogP contribution in [0.1, 0.15) is 51.4 Å². The van der Waals surface area contributed by atoms with Crippen LogP contribution in [-0.4, -0.2) is 31.2 Å². The van der Waals surface area contributed by atoms with Crippen LogP contribution in [0.25, 0.3) is 0 Å². The molecule has 0 radical (unpaired) electrons. The first-order valence-corrected chi connectivity index (χ1v) is 7.29. The van der Waals surface area contributed by atoms with Crippen LogP contribution >= 0.6 is 0 Å². The van der Waals surface area contributed by atoms with Gasteiger partial charge in [0.15, 0.2) is 0 Å². The van der Waals surface area contributed by atoms with Gasteiger partial charge in [0, 0.05) is 6.61 Å². The van der Waals surface area contributed by atoms with Crippen molar-refractivity contribution in [3.8, 4) is 0 Å². The van der Waals surface area contributed by atoms with Crippen molar-refractivity contribution in [1.82, 2.24) is 5.32 Å². The van der Waals surface area contributed by atoms with E-state index in [1.807, 2.05) is 7.05 Å². The quantitative estimate of drug-likeness (QED) is 0.756. The maximum absolute atomic E-state index is 11.7. The maximum Gasteiger partial charge on any atom is 0.238 e. The second-order valence-electron chi connectivity index (χ2n) is 5.74. The summed E-state index contributed by atoms with van der Waals surface area (Å²) in [6.45, 7) is 0.770. The predicted molar refractivity (Wildman–Crippen MR) is 71.2 cm³/mol. The van der Waals surface area contributed by atoms with Gasteiger partial charge in [0.05, 0.1) is 6.10 Å². The topological polar surface area (TPSA) is 64.3 Å². The number of likely N-dealkylation sites (N-methyl/N-ethyl adjacent to an activating group) is 1. The van der Waals surface area contributed by atoms with Crippen LogP contribution in [0, 0.1) is 5.92 Å². The Hall–Kier alpha value is -0.610. The minimum absolute atomic E-state index is 0.201. The highest BCUT2D eigenvalue weighted by molar-refractivity contribution is 5.85. The van der Waals surface area contributed by atoms with Crippen molar-refractivity contribution in [3.63, 3.8) is 0 Å². The SMILES string of the molecule is CNC1(C(N)=O)CCCC1CCOC1CCCC1. The maximum atomic E-state index is 11.7. The van der Waals surface area contributed by atoms with E-state index in [1.165, 1.54) is 25.7 Å². The number of hydrogen-bond acceptors (Lipinski definition) is 3. The third-order valence-electron chi connectivity index (χ3n) is 4.83. The molecule has 0 spiro atoms. The van der Waals surface area contributed by atoms with Gasteiger partial charge in [-0.05, 0) is 45.1 Å². The van der Waals surface area contributed by atoms with E-state index in [4.69, 9.17) is 10.5 Å². The fourth-order valence-corrected chi connectivity index (χ4v) is 3.68. The lowest BCUT2D eigenvalue weighted by atomic mass is 9.84. The van der Waals surface area contributed by atoms with Crippen LogP contribution in [-0.2, 0) is 9.53 Å². The van der Waals surface area contributed by atoms with E-state index in [0.717, 1.165) is 32.3 Å². The van der Waals surface area contributed by atoms with Gasteiger partial charge >= 0.3 is 0 Å². The molecule has 0 heterocycles. The molecule has 2 aliphatic rings. The molecule has 4 heteroatoms. The van der Waals surface area contributed by atoms with Gasteiger partial charge in [-0.1, -0.05) is 19.3 Å². The Morgan fingerprint density at radius 3 is 2.67 bits per heavy atom. The molecule has 18 heavy (non-hydrogen) atoms. The number of nitrogens with two attached hydrogens (primary N) is 1. The van der Waals surface area contributed by atoms with Crippen LogP contribution < -0.4 is 11.1 Å². The third kappa shape index (κ3) is 2.69. The van der Waals surface area contributed by atoms with Crippen LogP contribution in [0.2, 0.25) is 0 Å². The highest BCUT2D eigenvalue weighted by Crippen LogP contribution is 2.37. The Kier molecular flexibility index (Phi) is 4.62. The number of carbonyl (C=O) groups excluding carboxylic acids is 1. The highest BCUT2D eigenvalue weighted by atomic mass is 16.5. The molecule has 4 nitrogen and oxygen atoms in total. The predicted octanol–water partition coefficient (Wildman–Crippen LogP) is 1.58. The summed E-state index contributed by atoms with van der Waals surface area (Å²) < 4.78 is 5.90. The van der Waals surface area contributed by atoms with Crippen LogP contribution in [0.3, 0.4) is 0 Å². The van der Waals surface area contributed by atoms with Crippen molar-refractivity contribution in [2.45, 2.75) is 63.0 Å². The minimum Gasteiger partial charge on any atom is -0.378 e. The summed E-state index contributed by atoms with van der Waals surface area (Å²) in [6.07, 6.45) is 9.45. The first-order valence-electron chi connectivity index (χ1n) is 7.29. The first-order chi connectivity index (χ1) is 8.69. The van der Waals surface area contributed by atoms with Crippen LogP contribution in [0.15, 0.2) is 0 Å². The zero-order valence-electron chi connectivity index (χ0n) is 11.4.